The van der Waals surface area contributed by atoms with Gasteiger partial charge in [-0.1, -0.05) is 30.4 Å². The Kier molecular flexibility index (Phi) is 4.48. The van der Waals surface area contributed by atoms with Crippen molar-refractivity contribution in [2.45, 2.75) is 6.42 Å². The molecule has 2 aliphatic carbocycles. The minimum atomic E-state index is -0.297. The van der Waals surface area contributed by atoms with E-state index in [9.17, 15) is 14.4 Å². The minimum absolute atomic E-state index is 0.130. The molecule has 4 aromatic rings. The van der Waals surface area contributed by atoms with Gasteiger partial charge in [-0.3, -0.25) is 19.3 Å². The molecular formula is C29H21N3O4. The molecule has 4 atom stereocenters. The Balaban J connectivity index is 1.09. The van der Waals surface area contributed by atoms with Crippen molar-refractivity contribution >= 4 is 40.2 Å². The molecule has 7 heteroatoms. The fourth-order valence-corrected chi connectivity index (χ4v) is 5.85. The molecule has 0 spiro atoms. The smallest absolute Gasteiger partial charge is 0.255 e. The maximum atomic E-state index is 13.0. The van der Waals surface area contributed by atoms with Crippen LogP contribution in [-0.4, -0.2) is 22.7 Å². The van der Waals surface area contributed by atoms with E-state index in [2.05, 4.69) is 22.5 Å². The monoisotopic (exact) mass is 475 g/mol. The number of nitrogens with one attached hydrogen (secondary N) is 1. The van der Waals surface area contributed by atoms with Gasteiger partial charge in [-0.2, -0.15) is 0 Å². The Labute approximate surface area is 206 Å². The van der Waals surface area contributed by atoms with Crippen LogP contribution in [0.1, 0.15) is 16.8 Å². The number of benzene rings is 3. The maximum Gasteiger partial charge on any atom is 0.255 e. The van der Waals surface area contributed by atoms with Crippen LogP contribution in [0.15, 0.2) is 89.4 Å². The summed E-state index contributed by atoms with van der Waals surface area (Å²) < 4.78 is 5.83. The number of amides is 3. The van der Waals surface area contributed by atoms with Gasteiger partial charge in [-0.25, -0.2) is 4.98 Å². The number of aromatic nitrogens is 1. The number of allylic oxidation sites excluding steroid dienone is 2. The average Bonchev–Trinajstić information content (AvgIpc) is 3.67. The van der Waals surface area contributed by atoms with Gasteiger partial charge >= 0.3 is 0 Å². The van der Waals surface area contributed by atoms with Gasteiger partial charge in [-0.05, 0) is 72.9 Å². The second kappa shape index (κ2) is 7.75. The first kappa shape index (κ1) is 20.8. The summed E-state index contributed by atoms with van der Waals surface area (Å²) in [5.74, 6) is -0.244. The van der Waals surface area contributed by atoms with Gasteiger partial charge in [0.2, 0.25) is 17.7 Å². The van der Waals surface area contributed by atoms with Crippen LogP contribution in [0.4, 0.5) is 11.4 Å². The topological polar surface area (TPSA) is 92.5 Å². The van der Waals surface area contributed by atoms with Crippen molar-refractivity contribution in [3.05, 3.63) is 90.5 Å². The standard InChI is InChI=1S/C29H21N3O4/c33-26(30-20-5-3-4-19(15-20)27-31-22-6-1-2-7-23(22)36-27)16-10-12-21(13-11-16)32-28(34)24-17-8-9-18(14-17)25(24)29(32)35/h1-13,15,17-18,24-25H,14H2,(H,30,33)/t17-,18-,24+,25+/m0/s1. The van der Waals surface area contributed by atoms with Crippen LogP contribution in [0, 0.1) is 23.7 Å². The van der Waals surface area contributed by atoms with Gasteiger partial charge < -0.3 is 9.73 Å². The third kappa shape index (κ3) is 3.12. The second-order valence-corrected chi connectivity index (χ2v) is 9.58. The molecule has 7 rings (SSSR count). The first-order chi connectivity index (χ1) is 17.6. The zero-order chi connectivity index (χ0) is 24.4. The largest absolute Gasteiger partial charge is 0.436 e. The molecule has 0 unspecified atom stereocenters. The molecule has 7 nitrogen and oxygen atoms in total. The van der Waals surface area contributed by atoms with Crippen molar-refractivity contribution in [1.29, 1.82) is 0 Å². The van der Waals surface area contributed by atoms with Crippen molar-refractivity contribution < 1.29 is 18.8 Å². The molecule has 2 fully saturated rings. The van der Waals surface area contributed by atoms with E-state index in [-0.39, 0.29) is 41.4 Å². The third-order valence-electron chi connectivity index (χ3n) is 7.52. The van der Waals surface area contributed by atoms with Crippen LogP contribution < -0.4 is 10.2 Å². The number of anilines is 2. The minimum Gasteiger partial charge on any atom is -0.436 e. The predicted octanol–water partition coefficient (Wildman–Crippen LogP) is 5.06. The van der Waals surface area contributed by atoms with E-state index in [4.69, 9.17) is 4.42 Å². The van der Waals surface area contributed by atoms with E-state index >= 15 is 0 Å². The molecule has 1 aliphatic heterocycles. The van der Waals surface area contributed by atoms with Crippen molar-refractivity contribution in [2.24, 2.45) is 23.7 Å². The van der Waals surface area contributed by atoms with Gasteiger partial charge in [0.25, 0.3) is 5.91 Å². The summed E-state index contributed by atoms with van der Waals surface area (Å²) in [6.07, 6.45) is 5.05. The van der Waals surface area contributed by atoms with Gasteiger partial charge in [0, 0.05) is 16.8 Å². The van der Waals surface area contributed by atoms with E-state index in [1.54, 1.807) is 36.4 Å². The van der Waals surface area contributed by atoms with Crippen LogP contribution >= 0.6 is 0 Å². The molecule has 3 aliphatic rings. The SMILES string of the molecule is O=C(Nc1cccc(-c2nc3ccccc3o2)c1)c1ccc(N2C(=O)[C@H]3[C@H](C2=O)[C@H]2C=C[C@H]3C2)cc1. The number of fused-ring (bicyclic) bond motifs is 6. The lowest BCUT2D eigenvalue weighted by Crippen LogP contribution is -2.32. The first-order valence-corrected chi connectivity index (χ1v) is 12.0. The molecule has 3 aromatic carbocycles. The lowest BCUT2D eigenvalue weighted by atomic mass is 9.85. The summed E-state index contributed by atoms with van der Waals surface area (Å²) in [6, 6.07) is 21.4. The van der Waals surface area contributed by atoms with Crippen molar-refractivity contribution in [3.63, 3.8) is 0 Å². The Morgan fingerprint density at radius 2 is 1.61 bits per heavy atom. The van der Waals surface area contributed by atoms with E-state index in [0.717, 1.165) is 17.5 Å². The van der Waals surface area contributed by atoms with Crippen LogP contribution in [0.5, 0.6) is 0 Å². The van der Waals surface area contributed by atoms with Gasteiger partial charge in [-0.15, -0.1) is 0 Å². The summed E-state index contributed by atoms with van der Waals surface area (Å²) in [5.41, 5.74) is 3.75. The van der Waals surface area contributed by atoms with Crippen LogP contribution in [0.3, 0.4) is 0 Å². The number of nitrogens with zero attached hydrogens (tertiary/aromatic N) is 2. The lowest BCUT2D eigenvalue weighted by molar-refractivity contribution is -0.123. The molecule has 2 heterocycles. The Bertz CT molecular complexity index is 1520. The maximum absolute atomic E-state index is 13.0. The quantitative estimate of drug-likeness (QED) is 0.329. The highest BCUT2D eigenvalue weighted by molar-refractivity contribution is 6.23. The number of carbonyl (C=O) groups is 3. The molecule has 176 valence electrons. The summed E-state index contributed by atoms with van der Waals surface area (Å²) in [7, 11) is 0. The number of hydrogen-bond acceptors (Lipinski definition) is 5. The first-order valence-electron chi connectivity index (χ1n) is 12.0. The number of carbonyl (C=O) groups excluding carboxylic acids is 3. The third-order valence-corrected chi connectivity index (χ3v) is 7.52. The van der Waals surface area contributed by atoms with Gasteiger partial charge in [0.1, 0.15) is 5.52 Å². The van der Waals surface area contributed by atoms with Crippen LogP contribution in [0.2, 0.25) is 0 Å². The second-order valence-electron chi connectivity index (χ2n) is 9.58. The Morgan fingerprint density at radius 3 is 2.33 bits per heavy atom. The summed E-state index contributed by atoms with van der Waals surface area (Å²) in [4.78, 5) is 44.8. The Morgan fingerprint density at radius 1 is 0.889 bits per heavy atom. The van der Waals surface area contributed by atoms with E-state index in [1.165, 1.54) is 4.90 Å². The number of oxazole rings is 1. The number of hydrogen-bond donors (Lipinski definition) is 1. The van der Waals surface area contributed by atoms with Crippen molar-refractivity contribution in [2.75, 3.05) is 10.2 Å². The number of imide groups is 1. The predicted molar refractivity (Wildman–Crippen MR) is 134 cm³/mol. The molecule has 1 N–H and O–H groups in total. The molecular weight excluding hydrogens is 454 g/mol. The summed E-state index contributed by atoms with van der Waals surface area (Å²) >= 11 is 0. The average molecular weight is 476 g/mol. The fraction of sp³-hybridized carbons (Fsp3) is 0.172. The molecule has 1 saturated heterocycles. The summed E-state index contributed by atoms with van der Waals surface area (Å²) in [6.45, 7) is 0. The molecule has 0 radical (unpaired) electrons. The van der Waals surface area contributed by atoms with Crippen molar-refractivity contribution in [3.8, 4) is 11.5 Å². The zero-order valence-electron chi connectivity index (χ0n) is 19.1. The highest BCUT2D eigenvalue weighted by Crippen LogP contribution is 2.53. The van der Waals surface area contributed by atoms with Crippen molar-refractivity contribution in [1.82, 2.24) is 4.98 Å². The molecule has 1 aromatic heterocycles. The van der Waals surface area contributed by atoms with E-state index in [1.807, 2.05) is 36.4 Å². The number of rotatable bonds is 4. The van der Waals surface area contributed by atoms with E-state index < -0.39 is 0 Å². The lowest BCUT2D eigenvalue weighted by Gasteiger charge is -2.17. The molecule has 2 bridgehead atoms. The Hall–Kier alpha value is -4.52. The van der Waals surface area contributed by atoms with Crippen LogP contribution in [-0.2, 0) is 9.59 Å². The molecule has 3 amide bonds. The van der Waals surface area contributed by atoms with Gasteiger partial charge in [0.05, 0.1) is 17.5 Å². The fourth-order valence-electron chi connectivity index (χ4n) is 5.85. The molecule has 36 heavy (non-hydrogen) atoms. The normalized spacial score (nSPS) is 24.1. The summed E-state index contributed by atoms with van der Waals surface area (Å²) in [5, 5.41) is 2.90. The van der Waals surface area contributed by atoms with Crippen LogP contribution in [0.25, 0.3) is 22.6 Å². The van der Waals surface area contributed by atoms with Gasteiger partial charge in [0.15, 0.2) is 5.58 Å². The highest BCUT2D eigenvalue weighted by atomic mass is 16.3. The number of para-hydroxylation sites is 2. The zero-order valence-corrected chi connectivity index (χ0v) is 19.1. The van der Waals surface area contributed by atoms with E-state index in [0.29, 0.717) is 28.4 Å². The highest BCUT2D eigenvalue weighted by Gasteiger charge is 2.59. The molecule has 1 saturated carbocycles.